The summed E-state index contributed by atoms with van der Waals surface area (Å²) in [6.45, 7) is 9.61. The highest BCUT2D eigenvalue weighted by Crippen LogP contribution is 2.49. The van der Waals surface area contributed by atoms with Crippen molar-refractivity contribution in [1.82, 2.24) is 5.32 Å². The smallest absolute Gasteiger partial charge is 0.408 e. The van der Waals surface area contributed by atoms with Gasteiger partial charge in [0.2, 0.25) is 0 Å². The number of carbonyl (C=O) groups is 1. The van der Waals surface area contributed by atoms with E-state index in [9.17, 15) is 9.36 Å². The molecule has 1 amide bonds. The zero-order valence-corrected chi connectivity index (χ0v) is 27.7. The first kappa shape index (κ1) is 35.2. The van der Waals surface area contributed by atoms with Gasteiger partial charge in [0.25, 0.3) is 0 Å². The first-order valence-corrected chi connectivity index (χ1v) is 16.2. The molecule has 0 fully saturated rings. The first-order valence-electron chi connectivity index (χ1n) is 13.4. The lowest BCUT2D eigenvalue weighted by Gasteiger charge is -2.33. The zero-order chi connectivity index (χ0) is 30.7. The number of methoxy groups -OCH3 is 1. The fraction of sp³-hybridized carbons (Fsp3) is 0.500. The van der Waals surface area contributed by atoms with Crippen LogP contribution >= 0.6 is 31.0 Å². The van der Waals surface area contributed by atoms with Gasteiger partial charge in [-0.25, -0.2) is 4.79 Å². The van der Waals surface area contributed by atoms with Crippen molar-refractivity contribution in [1.29, 1.82) is 0 Å². The summed E-state index contributed by atoms with van der Waals surface area (Å²) in [5.74, 6) is 2.13. The molecule has 2 aromatic rings. The van der Waals surface area contributed by atoms with Crippen LogP contribution in [-0.2, 0) is 29.5 Å². The van der Waals surface area contributed by atoms with Crippen molar-refractivity contribution in [3.05, 3.63) is 64.4 Å². The van der Waals surface area contributed by atoms with Crippen molar-refractivity contribution < 1.29 is 32.6 Å². The second-order valence-electron chi connectivity index (χ2n) is 10.6. The normalized spacial score (nSPS) is 13.7. The predicted molar refractivity (Wildman–Crippen MR) is 165 cm³/mol. The van der Waals surface area contributed by atoms with Crippen molar-refractivity contribution in [2.45, 2.75) is 81.2 Å². The molecule has 0 saturated heterocycles. The number of aryl methyl sites for hydroxylation is 2. The molecule has 0 unspecified atom stereocenters. The van der Waals surface area contributed by atoms with Crippen LogP contribution < -0.4 is 10.1 Å². The molecule has 11 heteroatoms. The average molecular weight is 628 g/mol. The summed E-state index contributed by atoms with van der Waals surface area (Å²) in [4.78, 5) is 14.8. The Morgan fingerprint density at radius 2 is 1.78 bits per heavy atom. The van der Waals surface area contributed by atoms with Gasteiger partial charge in [-0.2, -0.15) is 0 Å². The van der Waals surface area contributed by atoms with Crippen molar-refractivity contribution in [3.8, 4) is 5.75 Å². The van der Waals surface area contributed by atoms with Crippen molar-refractivity contribution >= 4 is 37.1 Å². The molecule has 0 bridgehead atoms. The van der Waals surface area contributed by atoms with E-state index < -0.39 is 24.8 Å². The molecular weight excluding hydrogens is 585 g/mol. The summed E-state index contributed by atoms with van der Waals surface area (Å²) >= 11 is 8.32. The highest BCUT2D eigenvalue weighted by atomic mass is 35.5. The third kappa shape index (κ3) is 11.7. The minimum Gasteiger partial charge on any atom is -0.466 e. The molecule has 0 heterocycles. The zero-order valence-electron chi connectivity index (χ0n) is 25.2. The molecule has 0 saturated carbocycles. The molecule has 0 aromatic heterocycles. The molecule has 41 heavy (non-hydrogen) atoms. The number of hydrogen-bond acceptors (Lipinski definition) is 8. The van der Waals surface area contributed by atoms with Gasteiger partial charge in [0.15, 0.2) is 6.79 Å². The minimum absolute atomic E-state index is 0.159. The maximum Gasteiger partial charge on any atom is 0.408 e. The van der Waals surface area contributed by atoms with Gasteiger partial charge < -0.3 is 28.6 Å². The van der Waals surface area contributed by atoms with Crippen LogP contribution in [0.1, 0.15) is 58.1 Å². The van der Waals surface area contributed by atoms with Gasteiger partial charge in [0.05, 0.1) is 10.4 Å². The van der Waals surface area contributed by atoms with Crippen molar-refractivity contribution in [3.63, 3.8) is 0 Å². The summed E-state index contributed by atoms with van der Waals surface area (Å²) in [7, 11) is 0.758. The highest BCUT2D eigenvalue weighted by Gasteiger charge is 2.32. The van der Waals surface area contributed by atoms with E-state index in [1.807, 2.05) is 44.2 Å². The number of benzene rings is 2. The molecule has 0 radical (unpaired) electrons. The number of amides is 1. The molecule has 2 aromatic carbocycles. The van der Waals surface area contributed by atoms with Gasteiger partial charge in [0.1, 0.15) is 11.4 Å². The summed E-state index contributed by atoms with van der Waals surface area (Å²) in [6, 6.07) is 11.9. The number of nitrogens with one attached hydrogen (secondary N) is 1. The summed E-state index contributed by atoms with van der Waals surface area (Å²) < 4.78 is 39.3. The van der Waals surface area contributed by atoms with E-state index in [1.165, 1.54) is 20.0 Å². The maximum atomic E-state index is 12.9. The van der Waals surface area contributed by atoms with Gasteiger partial charge >= 0.3 is 13.7 Å². The second-order valence-corrected chi connectivity index (χ2v) is 14.2. The van der Waals surface area contributed by atoms with Crippen LogP contribution in [0.2, 0.25) is 5.02 Å². The van der Waals surface area contributed by atoms with Gasteiger partial charge in [0, 0.05) is 37.1 Å². The largest absolute Gasteiger partial charge is 0.466 e. The number of alkyl carbamates (subject to hydrolysis) is 1. The molecule has 0 spiro atoms. The fourth-order valence-corrected chi connectivity index (χ4v) is 6.30. The van der Waals surface area contributed by atoms with Crippen LogP contribution in [0.3, 0.4) is 0 Å². The van der Waals surface area contributed by atoms with Gasteiger partial charge in [-0.05, 0) is 82.3 Å². The standard InChI is InChI=1S/C30H43ClNO7PS/c1-9-15-30(17-18-40(34,36-7)37-8,32-28(33)39-29(3,4)5)16-14-23-11-12-24(20-25(23)31)41-27-19-22(2)10-13-26(27)38-21-35-6/h10-13,17-20H,9,14-16,21H2,1-8H3,(H,32,33)/b18-17+/t30-/m0/s1. The lowest BCUT2D eigenvalue weighted by molar-refractivity contribution is 0.0467. The lowest BCUT2D eigenvalue weighted by Crippen LogP contribution is -2.49. The van der Waals surface area contributed by atoms with Crippen LogP contribution in [0.15, 0.2) is 58.1 Å². The Kier molecular flexibility index (Phi) is 13.7. The van der Waals surface area contributed by atoms with E-state index in [0.717, 1.165) is 33.1 Å². The molecule has 0 aliphatic rings. The number of rotatable bonds is 15. The number of halogens is 1. The van der Waals surface area contributed by atoms with Crippen LogP contribution in [0.5, 0.6) is 5.75 Å². The third-order valence-electron chi connectivity index (χ3n) is 6.06. The van der Waals surface area contributed by atoms with E-state index in [1.54, 1.807) is 45.7 Å². The molecular formula is C30H43ClNO7PS. The number of ether oxygens (including phenoxy) is 3. The average Bonchev–Trinajstić information content (AvgIpc) is 2.90. The van der Waals surface area contributed by atoms with Crippen LogP contribution in [-0.4, -0.2) is 45.4 Å². The fourth-order valence-electron chi connectivity index (χ4n) is 4.06. The Balaban J connectivity index is 2.33. The topological polar surface area (TPSA) is 92.3 Å². The molecule has 2 rings (SSSR count). The Labute approximate surface area is 254 Å². The SMILES string of the molecule is CCC[C@@](/C=C/P(=O)(OC)OC)(CCc1ccc(Sc2cc(C)ccc2OCOC)cc1Cl)NC(=O)OC(C)(C)C. The maximum absolute atomic E-state index is 12.9. The Morgan fingerprint density at radius 3 is 2.37 bits per heavy atom. The molecule has 0 aliphatic heterocycles. The van der Waals surface area contributed by atoms with Crippen molar-refractivity contribution in [2.24, 2.45) is 0 Å². The van der Waals surface area contributed by atoms with Crippen LogP contribution in [0.25, 0.3) is 0 Å². The molecule has 0 aliphatic carbocycles. The monoisotopic (exact) mass is 627 g/mol. The summed E-state index contributed by atoms with van der Waals surface area (Å²) in [5.41, 5.74) is 0.472. The quantitative estimate of drug-likeness (QED) is 0.155. The molecule has 1 atom stereocenters. The molecule has 8 nitrogen and oxygen atoms in total. The summed E-state index contributed by atoms with van der Waals surface area (Å²) in [5, 5.41) is 3.62. The lowest BCUT2D eigenvalue weighted by atomic mass is 9.87. The number of hydrogen-bond donors (Lipinski definition) is 1. The van der Waals surface area contributed by atoms with Crippen LogP contribution in [0, 0.1) is 6.92 Å². The Morgan fingerprint density at radius 1 is 1.07 bits per heavy atom. The Bertz CT molecular complexity index is 1230. The van der Waals surface area contributed by atoms with E-state index in [-0.39, 0.29) is 6.79 Å². The van der Waals surface area contributed by atoms with E-state index >= 15 is 0 Å². The van der Waals surface area contributed by atoms with Crippen LogP contribution in [0.4, 0.5) is 4.79 Å². The van der Waals surface area contributed by atoms with Gasteiger partial charge in [-0.1, -0.05) is 54.9 Å². The Hall–Kier alpha value is -2.00. The van der Waals surface area contributed by atoms with Crippen molar-refractivity contribution in [2.75, 3.05) is 28.1 Å². The molecule has 1 N–H and O–H groups in total. The van der Waals surface area contributed by atoms with E-state index in [4.69, 9.17) is 34.9 Å². The second kappa shape index (κ2) is 16.0. The van der Waals surface area contributed by atoms with E-state index in [0.29, 0.717) is 24.3 Å². The highest BCUT2D eigenvalue weighted by molar-refractivity contribution is 7.99. The summed E-state index contributed by atoms with van der Waals surface area (Å²) in [6.07, 6.45) is 3.47. The van der Waals surface area contributed by atoms with Gasteiger partial charge in [-0.15, -0.1) is 0 Å². The predicted octanol–water partition coefficient (Wildman–Crippen LogP) is 8.78. The minimum atomic E-state index is -3.47. The van der Waals surface area contributed by atoms with E-state index in [2.05, 4.69) is 11.4 Å². The first-order chi connectivity index (χ1) is 19.3. The van der Waals surface area contributed by atoms with Gasteiger partial charge in [-0.3, -0.25) is 4.57 Å². The third-order valence-corrected chi connectivity index (χ3v) is 8.97. The number of carbonyl (C=O) groups excluding carboxylic acids is 1. The molecule has 228 valence electrons.